The van der Waals surface area contributed by atoms with Crippen LogP contribution >= 0.6 is 0 Å². The molecule has 2 aromatic carbocycles. The van der Waals surface area contributed by atoms with Crippen LogP contribution < -0.4 is 5.32 Å². The van der Waals surface area contributed by atoms with E-state index in [0.717, 1.165) is 16.8 Å². The van der Waals surface area contributed by atoms with E-state index in [2.05, 4.69) is 10.3 Å². The van der Waals surface area contributed by atoms with Crippen molar-refractivity contribution in [2.75, 3.05) is 32.7 Å². The van der Waals surface area contributed by atoms with E-state index >= 15 is 0 Å². The fourth-order valence-electron chi connectivity index (χ4n) is 3.83. The molecule has 4 rings (SSSR count). The first-order valence-corrected chi connectivity index (χ1v) is 12.8. The Labute approximate surface area is 204 Å². The molecule has 0 aliphatic carbocycles. The second kappa shape index (κ2) is 10.4. The standard InChI is InChI=1S/C25H28N4O5S/c1-18-3-5-21(6-4-18)25-27-22(17-34-25)11-12-26-24(31)20-7-9-23(10-8-20)35(32,33)29-15-13-28(14-16-29)19(2)30/h3-10,17H,11-16H2,1-2H3,(H,26,31). The highest BCUT2D eigenvalue weighted by Crippen LogP contribution is 2.20. The van der Waals surface area contributed by atoms with Crippen molar-refractivity contribution in [2.45, 2.75) is 25.2 Å². The van der Waals surface area contributed by atoms with Gasteiger partial charge in [0.2, 0.25) is 21.8 Å². The molecule has 35 heavy (non-hydrogen) atoms. The van der Waals surface area contributed by atoms with Crippen LogP contribution in [0, 0.1) is 6.92 Å². The third-order valence-corrected chi connectivity index (χ3v) is 7.87. The minimum Gasteiger partial charge on any atom is -0.444 e. The lowest BCUT2D eigenvalue weighted by Crippen LogP contribution is -2.49. The van der Waals surface area contributed by atoms with E-state index in [1.54, 1.807) is 11.2 Å². The molecule has 1 saturated heterocycles. The highest BCUT2D eigenvalue weighted by molar-refractivity contribution is 7.89. The van der Waals surface area contributed by atoms with Crippen molar-refractivity contribution in [1.29, 1.82) is 0 Å². The molecule has 2 heterocycles. The van der Waals surface area contributed by atoms with Crippen LogP contribution in [0.5, 0.6) is 0 Å². The topological polar surface area (TPSA) is 113 Å². The number of nitrogens with one attached hydrogen (secondary N) is 1. The fourth-order valence-corrected chi connectivity index (χ4v) is 5.25. The summed E-state index contributed by atoms with van der Waals surface area (Å²) in [4.78, 5) is 30.2. The summed E-state index contributed by atoms with van der Waals surface area (Å²) in [5, 5.41) is 2.82. The number of hydrogen-bond donors (Lipinski definition) is 1. The molecule has 9 nitrogen and oxygen atoms in total. The van der Waals surface area contributed by atoms with Crippen molar-refractivity contribution in [3.8, 4) is 11.5 Å². The van der Waals surface area contributed by atoms with Crippen LogP contribution in [0.2, 0.25) is 0 Å². The molecule has 0 saturated carbocycles. The Morgan fingerprint density at radius 3 is 2.29 bits per heavy atom. The van der Waals surface area contributed by atoms with Crippen molar-refractivity contribution in [3.05, 3.63) is 71.6 Å². The highest BCUT2D eigenvalue weighted by Gasteiger charge is 2.29. The van der Waals surface area contributed by atoms with E-state index < -0.39 is 10.0 Å². The van der Waals surface area contributed by atoms with Crippen LogP contribution in [0.4, 0.5) is 0 Å². The Balaban J connectivity index is 1.30. The SMILES string of the molecule is CC(=O)N1CCN(S(=O)(=O)c2ccc(C(=O)NCCc3coc(-c4ccc(C)cc4)n3)cc2)CC1. The van der Waals surface area contributed by atoms with Crippen molar-refractivity contribution in [2.24, 2.45) is 0 Å². The molecule has 0 spiro atoms. The van der Waals surface area contributed by atoms with Gasteiger partial charge in [0.05, 0.1) is 10.6 Å². The number of amides is 2. The normalized spacial score (nSPS) is 14.6. The molecule has 3 aromatic rings. The Bertz CT molecular complexity index is 1290. The molecule has 184 valence electrons. The predicted octanol–water partition coefficient (Wildman–Crippen LogP) is 2.48. The van der Waals surface area contributed by atoms with Crippen LogP contribution in [0.1, 0.15) is 28.5 Å². The third-order valence-electron chi connectivity index (χ3n) is 5.96. The molecular weight excluding hydrogens is 468 g/mol. The summed E-state index contributed by atoms with van der Waals surface area (Å²) in [6, 6.07) is 13.7. The zero-order valence-electron chi connectivity index (χ0n) is 19.7. The molecular formula is C25H28N4O5S. The molecule has 0 unspecified atom stereocenters. The van der Waals surface area contributed by atoms with Gasteiger partial charge in [-0.25, -0.2) is 13.4 Å². The summed E-state index contributed by atoms with van der Waals surface area (Å²) in [6.07, 6.45) is 2.08. The molecule has 1 aromatic heterocycles. The maximum Gasteiger partial charge on any atom is 0.251 e. The Hall–Kier alpha value is -3.50. The summed E-state index contributed by atoms with van der Waals surface area (Å²) >= 11 is 0. The van der Waals surface area contributed by atoms with Gasteiger partial charge in [0.15, 0.2) is 0 Å². The van der Waals surface area contributed by atoms with Gasteiger partial charge in [-0.05, 0) is 43.3 Å². The van der Waals surface area contributed by atoms with Crippen LogP contribution in [-0.2, 0) is 21.2 Å². The van der Waals surface area contributed by atoms with Crippen LogP contribution in [0.3, 0.4) is 0 Å². The maximum atomic E-state index is 12.9. The zero-order chi connectivity index (χ0) is 25.0. The minimum atomic E-state index is -3.68. The second-order valence-corrected chi connectivity index (χ2v) is 10.4. The number of hydrogen-bond acceptors (Lipinski definition) is 6. The van der Waals surface area contributed by atoms with Gasteiger partial charge in [0.1, 0.15) is 6.26 Å². The average molecular weight is 497 g/mol. The van der Waals surface area contributed by atoms with Gasteiger partial charge in [0, 0.05) is 57.2 Å². The number of piperazine rings is 1. The quantitative estimate of drug-likeness (QED) is 0.538. The summed E-state index contributed by atoms with van der Waals surface area (Å²) in [5.74, 6) is 0.171. The number of carbonyl (C=O) groups excluding carboxylic acids is 2. The van der Waals surface area contributed by atoms with Gasteiger partial charge in [-0.3, -0.25) is 9.59 Å². The predicted molar refractivity (Wildman–Crippen MR) is 130 cm³/mol. The lowest BCUT2D eigenvalue weighted by molar-refractivity contribution is -0.129. The van der Waals surface area contributed by atoms with Crippen molar-refractivity contribution in [3.63, 3.8) is 0 Å². The van der Waals surface area contributed by atoms with E-state index in [4.69, 9.17) is 4.42 Å². The van der Waals surface area contributed by atoms with Gasteiger partial charge in [0.25, 0.3) is 5.91 Å². The molecule has 1 N–H and O–H groups in total. The summed E-state index contributed by atoms with van der Waals surface area (Å²) in [5.41, 5.74) is 3.14. The van der Waals surface area contributed by atoms with E-state index in [1.807, 2.05) is 31.2 Å². The minimum absolute atomic E-state index is 0.0623. The molecule has 1 aliphatic rings. The van der Waals surface area contributed by atoms with Gasteiger partial charge in [-0.2, -0.15) is 4.31 Å². The van der Waals surface area contributed by atoms with E-state index in [1.165, 1.54) is 35.5 Å². The van der Waals surface area contributed by atoms with Gasteiger partial charge >= 0.3 is 0 Å². The molecule has 1 fully saturated rings. The lowest BCUT2D eigenvalue weighted by atomic mass is 10.1. The van der Waals surface area contributed by atoms with Crippen LogP contribution in [-0.4, -0.2) is 67.1 Å². The fraction of sp³-hybridized carbons (Fsp3) is 0.320. The maximum absolute atomic E-state index is 12.9. The number of aryl methyl sites for hydroxylation is 1. The van der Waals surface area contributed by atoms with E-state index in [-0.39, 0.29) is 29.8 Å². The van der Waals surface area contributed by atoms with Gasteiger partial charge in [-0.15, -0.1) is 0 Å². The molecule has 0 radical (unpaired) electrons. The first-order chi connectivity index (χ1) is 16.7. The Morgan fingerprint density at radius 2 is 1.66 bits per heavy atom. The zero-order valence-corrected chi connectivity index (χ0v) is 20.5. The number of oxazole rings is 1. The number of benzene rings is 2. The number of carbonyl (C=O) groups is 2. The van der Waals surface area contributed by atoms with Crippen molar-refractivity contribution in [1.82, 2.24) is 19.5 Å². The first-order valence-electron chi connectivity index (χ1n) is 11.4. The molecule has 0 atom stereocenters. The molecule has 1 aliphatic heterocycles. The molecule has 10 heteroatoms. The Morgan fingerprint density at radius 1 is 1.00 bits per heavy atom. The first kappa shape index (κ1) is 24.6. The highest BCUT2D eigenvalue weighted by atomic mass is 32.2. The monoisotopic (exact) mass is 496 g/mol. The number of aromatic nitrogens is 1. The lowest BCUT2D eigenvalue weighted by Gasteiger charge is -2.33. The van der Waals surface area contributed by atoms with E-state index in [0.29, 0.717) is 37.5 Å². The number of sulfonamides is 1. The second-order valence-electron chi connectivity index (χ2n) is 8.45. The molecule has 0 bridgehead atoms. The van der Waals surface area contributed by atoms with Gasteiger partial charge < -0.3 is 14.6 Å². The smallest absolute Gasteiger partial charge is 0.251 e. The Kier molecular flexibility index (Phi) is 7.32. The average Bonchev–Trinajstić information content (AvgIpc) is 3.33. The van der Waals surface area contributed by atoms with Gasteiger partial charge in [-0.1, -0.05) is 17.7 Å². The molecule has 2 amide bonds. The van der Waals surface area contributed by atoms with Crippen molar-refractivity contribution >= 4 is 21.8 Å². The summed E-state index contributed by atoms with van der Waals surface area (Å²) in [7, 11) is -3.68. The van der Waals surface area contributed by atoms with Crippen molar-refractivity contribution < 1.29 is 22.4 Å². The summed E-state index contributed by atoms with van der Waals surface area (Å²) in [6.45, 7) is 5.08. The largest absolute Gasteiger partial charge is 0.444 e. The van der Waals surface area contributed by atoms with E-state index in [9.17, 15) is 18.0 Å². The van der Waals surface area contributed by atoms with Crippen LogP contribution in [0.15, 0.2) is 64.1 Å². The number of rotatable bonds is 7. The third kappa shape index (κ3) is 5.77. The summed E-state index contributed by atoms with van der Waals surface area (Å²) < 4.78 is 32.7. The van der Waals surface area contributed by atoms with Crippen LogP contribution in [0.25, 0.3) is 11.5 Å². The number of nitrogens with zero attached hydrogens (tertiary/aromatic N) is 3.